The van der Waals surface area contributed by atoms with Crippen LogP contribution in [0.3, 0.4) is 0 Å². The minimum absolute atomic E-state index is 0.0822. The molecule has 1 saturated carbocycles. The van der Waals surface area contributed by atoms with Gasteiger partial charge in [0.15, 0.2) is 21.2 Å². The normalized spacial score (nSPS) is 17.5. The summed E-state index contributed by atoms with van der Waals surface area (Å²) in [5, 5.41) is 0.661. The van der Waals surface area contributed by atoms with E-state index in [0.717, 1.165) is 6.26 Å². The maximum atomic E-state index is 12.8. The Morgan fingerprint density at radius 1 is 1.14 bits per heavy atom. The van der Waals surface area contributed by atoms with Crippen molar-refractivity contribution in [2.75, 3.05) is 18.2 Å². The minimum Gasteiger partial charge on any atom is -0.475 e. The molecule has 2 aromatic heterocycles. The number of benzene rings is 1. The number of nitrogens with zero attached hydrogens (tertiary/aromatic N) is 2. The summed E-state index contributed by atoms with van der Waals surface area (Å²) in [5.74, 6) is 0.284. The molecule has 0 atom stereocenters. The Bertz CT molecular complexity index is 1380. The van der Waals surface area contributed by atoms with Gasteiger partial charge in [0, 0.05) is 62.1 Å². The number of fused-ring (bicyclic) bond motifs is 2. The smallest absolute Gasteiger partial charge is 0.274 e. The van der Waals surface area contributed by atoms with Crippen molar-refractivity contribution >= 4 is 32.3 Å². The molecule has 0 saturated heterocycles. The number of pyridine rings is 1. The van der Waals surface area contributed by atoms with Crippen LogP contribution >= 0.6 is 0 Å². The third-order valence-electron chi connectivity index (χ3n) is 5.71. The first-order chi connectivity index (χ1) is 13.6. The van der Waals surface area contributed by atoms with Crippen molar-refractivity contribution in [1.82, 2.24) is 9.55 Å². The van der Waals surface area contributed by atoms with Crippen molar-refractivity contribution in [3.8, 4) is 16.9 Å². The van der Waals surface area contributed by atoms with Crippen LogP contribution in [-0.4, -0.2) is 42.8 Å². The number of aromatic nitrogens is 2. The van der Waals surface area contributed by atoms with E-state index in [-0.39, 0.29) is 16.4 Å². The van der Waals surface area contributed by atoms with Crippen LogP contribution in [0, 0.1) is 0 Å². The number of hydrogen-bond acceptors (Lipinski definition) is 5. The Morgan fingerprint density at radius 3 is 2.52 bits per heavy atom. The second-order valence-electron chi connectivity index (χ2n) is 7.78. The van der Waals surface area contributed by atoms with Gasteiger partial charge in [0.25, 0.3) is 11.5 Å². The lowest BCUT2D eigenvalue weighted by Crippen LogP contribution is -2.45. The Morgan fingerprint density at radius 2 is 1.86 bits per heavy atom. The van der Waals surface area contributed by atoms with E-state index in [0.29, 0.717) is 46.3 Å². The summed E-state index contributed by atoms with van der Waals surface area (Å²) in [4.78, 5) is 29.7. The number of carbonyl (C=O) groups is 1. The lowest BCUT2D eigenvalue weighted by Gasteiger charge is -2.34. The summed E-state index contributed by atoms with van der Waals surface area (Å²) in [7, 11) is -0.281. The number of ether oxygens (including phenoxy) is 1. The van der Waals surface area contributed by atoms with Gasteiger partial charge < -0.3 is 19.2 Å². The minimum atomic E-state index is -3.55. The predicted octanol–water partition coefficient (Wildman–Crippen LogP) is 1.82. The van der Waals surface area contributed by atoms with E-state index in [4.69, 9.17) is 4.74 Å². The van der Waals surface area contributed by atoms with Crippen LogP contribution < -0.4 is 15.2 Å². The van der Waals surface area contributed by atoms with Gasteiger partial charge in [-0.25, -0.2) is 8.42 Å². The molecule has 1 amide bonds. The number of sulfone groups is 1. The van der Waals surface area contributed by atoms with Gasteiger partial charge >= 0.3 is 0 Å². The highest BCUT2D eigenvalue weighted by atomic mass is 32.2. The molecule has 2 aliphatic rings. The fourth-order valence-corrected chi connectivity index (χ4v) is 4.58. The molecule has 0 bridgehead atoms. The second kappa shape index (κ2) is 5.50. The van der Waals surface area contributed by atoms with E-state index in [2.05, 4.69) is 4.98 Å². The fraction of sp³-hybridized carbons (Fsp3) is 0.300. The summed E-state index contributed by atoms with van der Waals surface area (Å²) in [5.41, 5.74) is 0.958. The highest BCUT2D eigenvalue weighted by Gasteiger charge is 2.57. The van der Waals surface area contributed by atoms with Crippen molar-refractivity contribution in [2.45, 2.75) is 23.3 Å². The van der Waals surface area contributed by atoms with Crippen molar-refractivity contribution < 1.29 is 17.9 Å². The molecule has 5 rings (SSSR count). The molecular formula is C20H19N3O5S. The number of H-pyrrole nitrogens is 1. The second-order valence-corrected chi connectivity index (χ2v) is 9.79. The lowest BCUT2D eigenvalue weighted by molar-refractivity contribution is -0.127. The molecule has 3 aromatic rings. The highest BCUT2D eigenvalue weighted by molar-refractivity contribution is 7.90. The molecule has 1 aliphatic heterocycles. The number of carbonyl (C=O) groups excluding carboxylic acids is 1. The number of rotatable bonds is 2. The first-order valence-electron chi connectivity index (χ1n) is 9.15. The van der Waals surface area contributed by atoms with Gasteiger partial charge in [-0.1, -0.05) is 0 Å². The van der Waals surface area contributed by atoms with E-state index in [1.165, 1.54) is 15.5 Å². The number of anilines is 1. The third kappa shape index (κ3) is 2.46. The number of amides is 1. The first kappa shape index (κ1) is 18.0. The molecule has 1 N–H and O–H groups in total. The molecule has 8 nitrogen and oxygen atoms in total. The zero-order valence-corrected chi connectivity index (χ0v) is 17.0. The van der Waals surface area contributed by atoms with Gasteiger partial charge in [-0.3, -0.25) is 9.59 Å². The van der Waals surface area contributed by atoms with Crippen LogP contribution in [0.1, 0.15) is 12.8 Å². The summed E-state index contributed by atoms with van der Waals surface area (Å²) < 4.78 is 32.3. The van der Waals surface area contributed by atoms with Gasteiger partial charge in [0.2, 0.25) is 0 Å². The fourth-order valence-electron chi connectivity index (χ4n) is 3.93. The molecule has 1 aliphatic carbocycles. The largest absolute Gasteiger partial charge is 0.475 e. The Hall–Kier alpha value is -3.07. The summed E-state index contributed by atoms with van der Waals surface area (Å²) in [6, 6.07) is 4.80. The molecule has 150 valence electrons. The molecule has 0 radical (unpaired) electrons. The first-order valence-corrected chi connectivity index (χ1v) is 11.0. The van der Waals surface area contributed by atoms with E-state index in [1.54, 1.807) is 38.6 Å². The van der Waals surface area contributed by atoms with E-state index >= 15 is 0 Å². The molecule has 1 aromatic carbocycles. The predicted molar refractivity (Wildman–Crippen MR) is 108 cm³/mol. The van der Waals surface area contributed by atoms with Gasteiger partial charge in [-0.15, -0.1) is 0 Å². The van der Waals surface area contributed by atoms with Crippen LogP contribution in [0.15, 0.2) is 40.3 Å². The van der Waals surface area contributed by atoms with Gasteiger partial charge in [0.05, 0.1) is 10.6 Å². The molecule has 0 unspecified atom stereocenters. The van der Waals surface area contributed by atoms with Crippen molar-refractivity contribution in [3.63, 3.8) is 0 Å². The molecule has 9 heteroatoms. The molecular weight excluding hydrogens is 394 g/mol. The molecule has 29 heavy (non-hydrogen) atoms. The van der Waals surface area contributed by atoms with Crippen LogP contribution in [0.2, 0.25) is 0 Å². The average Bonchev–Trinajstić information content (AvgIpc) is 3.26. The zero-order valence-electron chi connectivity index (χ0n) is 16.1. The average molecular weight is 413 g/mol. The van der Waals surface area contributed by atoms with Crippen molar-refractivity contribution in [2.24, 2.45) is 7.05 Å². The quantitative estimate of drug-likeness (QED) is 0.691. The van der Waals surface area contributed by atoms with Gasteiger partial charge in [-0.2, -0.15) is 0 Å². The standard InChI is InChI=1S/C20H19N3O5S/c1-22-10-14(12-4-7-21-16(12)18(22)24)13-8-11(29(3,26)27)9-15-17(13)28-20(5-6-20)19(25)23(15)2/h4,7-10,21H,5-6H2,1-3H3. The third-order valence-corrected chi connectivity index (χ3v) is 6.80. The Labute approximate surface area is 166 Å². The van der Waals surface area contributed by atoms with E-state index in [1.807, 2.05) is 0 Å². The number of aromatic amines is 1. The molecule has 1 fully saturated rings. The number of nitrogens with one attached hydrogen (secondary N) is 1. The van der Waals surface area contributed by atoms with Crippen molar-refractivity contribution in [3.05, 3.63) is 40.9 Å². The summed E-state index contributed by atoms with van der Waals surface area (Å²) in [6.45, 7) is 0. The SMILES string of the molecule is CN1C(=O)C2(CC2)Oc2c(-c3cn(C)c(=O)c4[nH]ccc34)cc(S(C)(=O)=O)cc21. The van der Waals surface area contributed by atoms with Crippen LogP contribution in [0.5, 0.6) is 5.75 Å². The van der Waals surface area contributed by atoms with Crippen LogP contribution in [0.4, 0.5) is 5.69 Å². The molecule has 1 spiro atoms. The van der Waals surface area contributed by atoms with Crippen LogP contribution in [0.25, 0.3) is 22.0 Å². The lowest BCUT2D eigenvalue weighted by atomic mass is 10.00. The monoisotopic (exact) mass is 413 g/mol. The maximum absolute atomic E-state index is 12.8. The number of hydrogen-bond donors (Lipinski definition) is 1. The number of aryl methyl sites for hydroxylation is 1. The topological polar surface area (TPSA) is 101 Å². The zero-order chi connectivity index (χ0) is 20.7. The van der Waals surface area contributed by atoms with Crippen molar-refractivity contribution in [1.29, 1.82) is 0 Å². The Kier molecular flexibility index (Phi) is 3.41. The van der Waals surface area contributed by atoms with Crippen LogP contribution in [-0.2, 0) is 21.7 Å². The van der Waals surface area contributed by atoms with E-state index in [9.17, 15) is 18.0 Å². The highest BCUT2D eigenvalue weighted by Crippen LogP contribution is 2.53. The Balaban J connectivity index is 1.89. The van der Waals surface area contributed by atoms with Gasteiger partial charge in [-0.05, 0) is 18.2 Å². The summed E-state index contributed by atoms with van der Waals surface area (Å²) >= 11 is 0. The maximum Gasteiger partial charge on any atom is 0.274 e. The van der Waals surface area contributed by atoms with E-state index < -0.39 is 15.4 Å². The number of likely N-dealkylation sites (N-methyl/N-ethyl adjacent to an activating group) is 1. The molecule has 3 heterocycles. The van der Waals surface area contributed by atoms with Gasteiger partial charge in [0.1, 0.15) is 5.52 Å². The summed E-state index contributed by atoms with van der Waals surface area (Å²) in [6.07, 6.45) is 5.70.